The standard InChI is InChI=1S/C8H6N2O2.C4H5N3O.HI/c9-10-7(11)5-3-1-2-4-6(5)8(10)12;5-4(8)7-2-1-6-3-7;/h1-4H,9H2;1-3H,(H2,5,8);1H. The molecule has 0 aliphatic carbocycles. The second-order valence-corrected chi connectivity index (χ2v) is 3.83. The summed E-state index contributed by atoms with van der Waals surface area (Å²) in [6.45, 7) is 0. The van der Waals surface area contributed by atoms with Crippen LogP contribution in [0.15, 0.2) is 43.0 Å². The van der Waals surface area contributed by atoms with E-state index in [0.717, 1.165) is 0 Å². The maximum absolute atomic E-state index is 11.2. The molecule has 9 heteroatoms. The summed E-state index contributed by atoms with van der Waals surface area (Å²) in [7, 11) is 0. The van der Waals surface area contributed by atoms with Gasteiger partial charge < -0.3 is 5.73 Å². The number of primary amides is 1. The van der Waals surface area contributed by atoms with Gasteiger partial charge in [-0.05, 0) is 12.1 Å². The van der Waals surface area contributed by atoms with Crippen LogP contribution >= 0.6 is 24.0 Å². The van der Waals surface area contributed by atoms with Crippen molar-refractivity contribution in [1.29, 1.82) is 0 Å². The van der Waals surface area contributed by atoms with Crippen LogP contribution in [-0.2, 0) is 0 Å². The molecule has 0 fully saturated rings. The molecule has 0 atom stereocenters. The average Bonchev–Trinajstić information content (AvgIpc) is 3.06. The molecule has 4 N–H and O–H groups in total. The summed E-state index contributed by atoms with van der Waals surface area (Å²) in [6.07, 6.45) is 4.33. The van der Waals surface area contributed by atoms with Gasteiger partial charge in [-0.1, -0.05) is 12.1 Å². The number of benzene rings is 1. The summed E-state index contributed by atoms with van der Waals surface area (Å²) in [6, 6.07) is 6.06. The molecule has 2 heterocycles. The Labute approximate surface area is 136 Å². The fraction of sp³-hybridized carbons (Fsp3) is 0. The molecule has 1 aromatic carbocycles. The first-order valence-corrected chi connectivity index (χ1v) is 5.52. The van der Waals surface area contributed by atoms with E-state index in [9.17, 15) is 14.4 Å². The van der Waals surface area contributed by atoms with Gasteiger partial charge in [0.1, 0.15) is 6.33 Å². The van der Waals surface area contributed by atoms with Gasteiger partial charge in [-0.2, -0.15) is 0 Å². The first-order chi connectivity index (χ1) is 9.52. The zero-order valence-corrected chi connectivity index (χ0v) is 13.0. The minimum atomic E-state index is -0.512. The Morgan fingerprint density at radius 2 is 1.62 bits per heavy atom. The zero-order chi connectivity index (χ0) is 14.7. The summed E-state index contributed by atoms with van der Waals surface area (Å²) in [5, 5.41) is 0.630. The van der Waals surface area contributed by atoms with Crippen molar-refractivity contribution in [3.05, 3.63) is 54.1 Å². The zero-order valence-electron chi connectivity index (χ0n) is 10.7. The highest BCUT2D eigenvalue weighted by Gasteiger charge is 2.32. The van der Waals surface area contributed by atoms with Crippen molar-refractivity contribution < 1.29 is 14.4 Å². The summed E-state index contributed by atoms with van der Waals surface area (Å²) in [5.41, 5.74) is 5.60. The number of rotatable bonds is 0. The number of imide groups is 1. The summed E-state index contributed by atoms with van der Waals surface area (Å²) in [5.74, 6) is 4.34. The van der Waals surface area contributed by atoms with Crippen LogP contribution in [-0.4, -0.2) is 32.4 Å². The van der Waals surface area contributed by atoms with Gasteiger partial charge in [0.25, 0.3) is 11.8 Å². The molecule has 3 rings (SSSR count). The molecule has 0 bridgehead atoms. The number of hydrazine groups is 1. The van der Waals surface area contributed by atoms with Crippen LogP contribution in [0.2, 0.25) is 0 Å². The number of amides is 3. The van der Waals surface area contributed by atoms with Gasteiger partial charge in [0.15, 0.2) is 0 Å². The molecule has 8 nitrogen and oxygen atoms in total. The lowest BCUT2D eigenvalue weighted by molar-refractivity contribution is 0.0653. The van der Waals surface area contributed by atoms with E-state index < -0.39 is 17.8 Å². The van der Waals surface area contributed by atoms with Crippen molar-refractivity contribution >= 4 is 41.8 Å². The molecule has 2 aromatic rings. The predicted octanol–water partition coefficient (Wildman–Crippen LogP) is 0.584. The number of aromatic nitrogens is 2. The van der Waals surface area contributed by atoms with Crippen LogP contribution in [0.3, 0.4) is 0 Å². The molecule has 3 amide bonds. The number of hydrogen-bond donors (Lipinski definition) is 2. The number of nitrogens with two attached hydrogens (primary N) is 2. The lowest BCUT2D eigenvalue weighted by Crippen LogP contribution is -2.36. The Morgan fingerprint density at radius 3 is 1.95 bits per heavy atom. The Morgan fingerprint density at radius 1 is 1.10 bits per heavy atom. The van der Waals surface area contributed by atoms with Gasteiger partial charge in [0, 0.05) is 12.4 Å². The second-order valence-electron chi connectivity index (χ2n) is 3.83. The third-order valence-electron chi connectivity index (χ3n) is 2.58. The smallest absolute Gasteiger partial charge is 0.324 e. The van der Waals surface area contributed by atoms with Crippen molar-refractivity contribution in [2.75, 3.05) is 0 Å². The van der Waals surface area contributed by atoms with Crippen molar-refractivity contribution in [3.63, 3.8) is 0 Å². The molecule has 1 aromatic heterocycles. The van der Waals surface area contributed by atoms with E-state index >= 15 is 0 Å². The Balaban J connectivity index is 0.000000216. The normalized spacial score (nSPS) is 12.1. The van der Waals surface area contributed by atoms with Crippen LogP contribution in [0.4, 0.5) is 4.79 Å². The minimum Gasteiger partial charge on any atom is -0.351 e. The molecular weight excluding hydrogens is 389 g/mol. The number of halogens is 1. The molecule has 21 heavy (non-hydrogen) atoms. The maximum atomic E-state index is 11.2. The number of imidazole rings is 1. The van der Waals surface area contributed by atoms with Crippen molar-refractivity contribution in [2.24, 2.45) is 11.6 Å². The molecule has 0 radical (unpaired) electrons. The highest BCUT2D eigenvalue weighted by Crippen LogP contribution is 2.18. The Hall–Kier alpha value is -2.27. The van der Waals surface area contributed by atoms with Crippen LogP contribution < -0.4 is 11.6 Å². The molecule has 110 valence electrons. The van der Waals surface area contributed by atoms with Gasteiger partial charge in [-0.3, -0.25) is 14.2 Å². The van der Waals surface area contributed by atoms with Crippen molar-refractivity contribution in [3.8, 4) is 0 Å². The highest BCUT2D eigenvalue weighted by atomic mass is 127. The van der Waals surface area contributed by atoms with Crippen LogP contribution in [0, 0.1) is 0 Å². The maximum Gasteiger partial charge on any atom is 0.324 e. The van der Waals surface area contributed by atoms with Crippen LogP contribution in [0.5, 0.6) is 0 Å². The first kappa shape index (κ1) is 16.8. The third-order valence-corrected chi connectivity index (χ3v) is 2.58. The van der Waals surface area contributed by atoms with E-state index in [0.29, 0.717) is 16.1 Å². The van der Waals surface area contributed by atoms with Crippen LogP contribution in [0.25, 0.3) is 0 Å². The average molecular weight is 401 g/mol. The topological polar surface area (TPSA) is 124 Å². The van der Waals surface area contributed by atoms with E-state index in [1.165, 1.54) is 23.3 Å². The van der Waals surface area contributed by atoms with E-state index in [2.05, 4.69) is 4.98 Å². The molecule has 1 aliphatic heterocycles. The van der Waals surface area contributed by atoms with Gasteiger partial charge in [-0.25, -0.2) is 20.6 Å². The van der Waals surface area contributed by atoms with E-state index in [1.807, 2.05) is 0 Å². The van der Waals surface area contributed by atoms with Crippen LogP contribution in [0.1, 0.15) is 20.7 Å². The second kappa shape index (κ2) is 6.95. The SMILES string of the molecule is I.NC(=O)n1ccnc1.NN1C(=O)c2ccccc2C1=O. The monoisotopic (exact) mass is 401 g/mol. The van der Waals surface area contributed by atoms with Gasteiger partial charge >= 0.3 is 6.03 Å². The first-order valence-electron chi connectivity index (χ1n) is 5.52. The van der Waals surface area contributed by atoms with Crippen molar-refractivity contribution in [2.45, 2.75) is 0 Å². The molecule has 1 aliphatic rings. The third kappa shape index (κ3) is 3.44. The highest BCUT2D eigenvalue weighted by molar-refractivity contribution is 14.0. The molecule has 0 saturated carbocycles. The predicted molar refractivity (Wildman–Crippen MR) is 83.8 cm³/mol. The number of carbonyl (C=O) groups excluding carboxylic acids is 3. The van der Waals surface area contributed by atoms with E-state index in [1.54, 1.807) is 24.3 Å². The summed E-state index contributed by atoms with van der Waals surface area (Å²) < 4.78 is 1.19. The quantitative estimate of drug-likeness (QED) is 0.289. The van der Waals surface area contributed by atoms with E-state index in [4.69, 9.17) is 11.6 Å². The van der Waals surface area contributed by atoms with Gasteiger partial charge in [0.05, 0.1) is 11.1 Å². The number of nitrogens with zero attached hydrogens (tertiary/aromatic N) is 3. The fourth-order valence-corrected chi connectivity index (χ4v) is 1.60. The lowest BCUT2D eigenvalue weighted by Gasteiger charge is -2.01. The summed E-state index contributed by atoms with van der Waals surface area (Å²) in [4.78, 5) is 36.2. The number of carbonyl (C=O) groups is 3. The molecule has 0 spiro atoms. The molecule has 0 saturated heterocycles. The largest absolute Gasteiger partial charge is 0.351 e. The fourth-order valence-electron chi connectivity index (χ4n) is 1.60. The minimum absolute atomic E-state index is 0. The van der Waals surface area contributed by atoms with Crippen molar-refractivity contribution in [1.82, 2.24) is 14.6 Å². The Bertz CT molecular complexity index is 636. The number of fused-ring (bicyclic) bond motifs is 1. The Kier molecular flexibility index (Phi) is 5.55. The summed E-state index contributed by atoms with van der Waals surface area (Å²) >= 11 is 0. The molecule has 0 unspecified atom stereocenters. The lowest BCUT2D eigenvalue weighted by atomic mass is 10.1. The molecular formula is C12H12IN5O3. The van der Waals surface area contributed by atoms with Gasteiger partial charge in [0.2, 0.25) is 0 Å². The van der Waals surface area contributed by atoms with E-state index in [-0.39, 0.29) is 24.0 Å². The van der Waals surface area contributed by atoms with Gasteiger partial charge in [-0.15, -0.1) is 24.0 Å². The number of hydrogen-bond acceptors (Lipinski definition) is 5.